The van der Waals surface area contributed by atoms with Crippen LogP contribution in [-0.2, 0) is 16.6 Å². The predicted octanol–water partition coefficient (Wildman–Crippen LogP) is 2.04. The molecule has 9 heteroatoms. The third-order valence-corrected chi connectivity index (χ3v) is 5.80. The Morgan fingerprint density at radius 1 is 1.19 bits per heavy atom. The summed E-state index contributed by atoms with van der Waals surface area (Å²) < 4.78 is 12.7. The lowest BCUT2D eigenvalue weighted by Gasteiger charge is -2.28. The maximum absolute atomic E-state index is 13.2. The quantitative estimate of drug-likeness (QED) is 0.398. The van der Waals surface area contributed by atoms with Gasteiger partial charge in [0.05, 0.1) is 37.1 Å². The number of nitrogens with zero attached hydrogens (tertiary/aromatic N) is 4. The van der Waals surface area contributed by atoms with Crippen LogP contribution in [0.2, 0.25) is 0 Å². The second kappa shape index (κ2) is 9.04. The molecule has 2 heterocycles. The van der Waals surface area contributed by atoms with Crippen LogP contribution < -0.4 is 9.47 Å². The molecular formula is C23H30N4O5. The van der Waals surface area contributed by atoms with Gasteiger partial charge < -0.3 is 24.4 Å². The number of methoxy groups -OCH3 is 2. The van der Waals surface area contributed by atoms with Crippen molar-refractivity contribution in [3.05, 3.63) is 46.3 Å². The summed E-state index contributed by atoms with van der Waals surface area (Å²) in [6, 6.07) is 4.45. The molecule has 2 aromatic rings. The zero-order chi connectivity index (χ0) is 23.7. The summed E-state index contributed by atoms with van der Waals surface area (Å²) in [6.07, 6.45) is 0. The first kappa shape index (κ1) is 23.3. The van der Waals surface area contributed by atoms with Crippen molar-refractivity contribution in [2.75, 3.05) is 41.4 Å². The Morgan fingerprint density at radius 2 is 1.88 bits per heavy atom. The van der Waals surface area contributed by atoms with Gasteiger partial charge in [0.2, 0.25) is 0 Å². The van der Waals surface area contributed by atoms with Crippen LogP contribution in [0.25, 0.3) is 5.76 Å². The smallest absolute Gasteiger partial charge is 0.295 e. The molecule has 1 amide bonds. The van der Waals surface area contributed by atoms with Gasteiger partial charge in [-0.25, -0.2) is 0 Å². The lowest BCUT2D eigenvalue weighted by molar-refractivity contribution is -0.140. The SMILES string of the molecule is COc1cccc(C2C(=C(O)c3c(C)nn(C)c3C)C(=O)C(=O)N2CCN(C)C)c1OC. The molecule has 0 bridgehead atoms. The molecule has 1 aliphatic rings. The van der Waals surface area contributed by atoms with Crippen LogP contribution in [0.5, 0.6) is 11.5 Å². The number of amides is 1. The van der Waals surface area contributed by atoms with Gasteiger partial charge in [-0.3, -0.25) is 14.3 Å². The number of aryl methyl sites for hydroxylation is 2. The van der Waals surface area contributed by atoms with Gasteiger partial charge in [-0.15, -0.1) is 0 Å². The molecular weight excluding hydrogens is 412 g/mol. The second-order valence-corrected chi connectivity index (χ2v) is 8.05. The van der Waals surface area contributed by atoms with E-state index in [0.29, 0.717) is 47.1 Å². The summed E-state index contributed by atoms with van der Waals surface area (Å²) in [6.45, 7) is 4.40. The van der Waals surface area contributed by atoms with E-state index in [1.54, 1.807) is 43.8 Å². The molecule has 1 N–H and O–H groups in total. The van der Waals surface area contributed by atoms with Crippen molar-refractivity contribution in [2.24, 2.45) is 7.05 Å². The molecule has 9 nitrogen and oxygen atoms in total. The number of hydrogen-bond acceptors (Lipinski definition) is 7. The van der Waals surface area contributed by atoms with Gasteiger partial charge in [0.1, 0.15) is 5.76 Å². The van der Waals surface area contributed by atoms with E-state index >= 15 is 0 Å². The lowest BCUT2D eigenvalue weighted by Crippen LogP contribution is -2.35. The number of aromatic nitrogens is 2. The summed E-state index contributed by atoms with van der Waals surface area (Å²) in [5, 5.41) is 15.7. The number of carbonyl (C=O) groups is 2. The minimum absolute atomic E-state index is 0.0134. The summed E-state index contributed by atoms with van der Waals surface area (Å²) in [4.78, 5) is 29.7. The van der Waals surface area contributed by atoms with Gasteiger partial charge in [0, 0.05) is 31.4 Å². The summed E-state index contributed by atoms with van der Waals surface area (Å²) in [7, 11) is 8.56. The highest BCUT2D eigenvalue weighted by atomic mass is 16.5. The number of Topliss-reactive ketones (excluding diaryl/α,β-unsaturated/α-hetero) is 1. The van der Waals surface area contributed by atoms with Crippen LogP contribution in [0.3, 0.4) is 0 Å². The number of aliphatic hydroxyl groups excluding tert-OH is 1. The molecule has 172 valence electrons. The number of benzene rings is 1. The number of likely N-dealkylation sites (N-methyl/N-ethyl adjacent to an activating group) is 1. The largest absolute Gasteiger partial charge is 0.507 e. The number of aliphatic hydroxyl groups is 1. The van der Waals surface area contributed by atoms with Crippen molar-refractivity contribution >= 4 is 17.4 Å². The minimum atomic E-state index is -0.834. The molecule has 32 heavy (non-hydrogen) atoms. The molecule has 1 unspecified atom stereocenters. The minimum Gasteiger partial charge on any atom is -0.507 e. The third-order valence-electron chi connectivity index (χ3n) is 5.80. The Kier molecular flexibility index (Phi) is 6.59. The predicted molar refractivity (Wildman–Crippen MR) is 120 cm³/mol. The van der Waals surface area contributed by atoms with Gasteiger partial charge in [-0.2, -0.15) is 5.10 Å². The maximum atomic E-state index is 13.2. The van der Waals surface area contributed by atoms with Crippen LogP contribution in [0.1, 0.15) is 28.6 Å². The van der Waals surface area contributed by atoms with Crippen LogP contribution >= 0.6 is 0 Å². The summed E-state index contributed by atoms with van der Waals surface area (Å²) in [5.74, 6) is -0.769. The van der Waals surface area contributed by atoms with Crippen molar-refractivity contribution in [1.29, 1.82) is 0 Å². The van der Waals surface area contributed by atoms with Crippen LogP contribution in [0.15, 0.2) is 23.8 Å². The van der Waals surface area contributed by atoms with E-state index in [2.05, 4.69) is 5.10 Å². The molecule has 1 aromatic carbocycles. The van der Waals surface area contributed by atoms with Gasteiger partial charge in [0.25, 0.3) is 11.7 Å². The normalized spacial score (nSPS) is 18.0. The van der Waals surface area contributed by atoms with Crippen LogP contribution in [0, 0.1) is 13.8 Å². The van der Waals surface area contributed by atoms with Gasteiger partial charge in [-0.1, -0.05) is 12.1 Å². The highest BCUT2D eigenvalue weighted by Gasteiger charge is 2.47. The van der Waals surface area contributed by atoms with E-state index in [1.807, 2.05) is 19.0 Å². The van der Waals surface area contributed by atoms with E-state index in [4.69, 9.17) is 9.47 Å². The number of likely N-dealkylation sites (tertiary alicyclic amines) is 1. The van der Waals surface area contributed by atoms with Gasteiger partial charge in [0.15, 0.2) is 11.5 Å². The third kappa shape index (κ3) is 3.84. The molecule has 0 radical (unpaired) electrons. The van der Waals surface area contributed by atoms with Crippen LogP contribution in [0.4, 0.5) is 0 Å². The fourth-order valence-corrected chi connectivity index (χ4v) is 4.12. The zero-order valence-corrected chi connectivity index (χ0v) is 19.6. The van der Waals surface area contributed by atoms with E-state index in [1.165, 1.54) is 19.1 Å². The molecule has 0 saturated carbocycles. The molecule has 0 aliphatic carbocycles. The fraction of sp³-hybridized carbons (Fsp3) is 0.435. The molecule has 1 saturated heterocycles. The first-order valence-corrected chi connectivity index (χ1v) is 10.3. The highest BCUT2D eigenvalue weighted by Crippen LogP contribution is 2.45. The maximum Gasteiger partial charge on any atom is 0.295 e. The summed E-state index contributed by atoms with van der Waals surface area (Å²) in [5.41, 5.74) is 2.28. The Balaban J connectivity index is 2.30. The highest BCUT2D eigenvalue weighted by molar-refractivity contribution is 6.46. The van der Waals surface area contributed by atoms with Crippen molar-refractivity contribution in [2.45, 2.75) is 19.9 Å². The number of ether oxygens (including phenoxy) is 2. The zero-order valence-electron chi connectivity index (χ0n) is 19.6. The van der Waals surface area contributed by atoms with Crippen LogP contribution in [-0.4, -0.2) is 77.8 Å². The van der Waals surface area contributed by atoms with E-state index in [0.717, 1.165) is 0 Å². The first-order valence-electron chi connectivity index (χ1n) is 10.3. The standard InChI is InChI=1S/C23H30N4O5/c1-13-17(14(2)26(5)24-13)20(28)18-19(15-9-8-10-16(31-6)22(15)32-7)27(12-11-25(3)4)23(30)21(18)29/h8-10,19,28H,11-12H2,1-7H3. The van der Waals surface area contributed by atoms with Crippen molar-refractivity contribution < 1.29 is 24.2 Å². The number of carbonyl (C=O) groups excluding carboxylic acids is 2. The van der Waals surface area contributed by atoms with E-state index in [9.17, 15) is 14.7 Å². The molecule has 3 rings (SSSR count). The molecule has 1 fully saturated rings. The van der Waals surface area contributed by atoms with Crippen molar-refractivity contribution in [1.82, 2.24) is 19.6 Å². The number of ketones is 1. The van der Waals surface area contributed by atoms with Gasteiger partial charge in [-0.05, 0) is 34.0 Å². The van der Waals surface area contributed by atoms with Crippen molar-refractivity contribution in [3.63, 3.8) is 0 Å². The average Bonchev–Trinajstić information content (AvgIpc) is 3.16. The molecule has 1 aliphatic heterocycles. The first-order chi connectivity index (χ1) is 15.1. The Hall–Kier alpha value is -3.33. The number of para-hydroxylation sites is 1. The Labute approximate surface area is 187 Å². The number of hydrogen-bond donors (Lipinski definition) is 1. The molecule has 1 aromatic heterocycles. The Morgan fingerprint density at radius 3 is 2.41 bits per heavy atom. The van der Waals surface area contributed by atoms with Crippen molar-refractivity contribution in [3.8, 4) is 11.5 Å². The van der Waals surface area contributed by atoms with E-state index in [-0.39, 0.29) is 11.3 Å². The monoisotopic (exact) mass is 442 g/mol. The second-order valence-electron chi connectivity index (χ2n) is 8.05. The van der Waals surface area contributed by atoms with Gasteiger partial charge >= 0.3 is 0 Å². The molecule has 1 atom stereocenters. The number of rotatable bonds is 7. The molecule has 0 spiro atoms. The Bertz CT molecular complexity index is 1090. The fourth-order valence-electron chi connectivity index (χ4n) is 4.12. The average molecular weight is 443 g/mol. The lowest BCUT2D eigenvalue weighted by atomic mass is 9.93. The van der Waals surface area contributed by atoms with E-state index < -0.39 is 17.7 Å². The topological polar surface area (TPSA) is 97.1 Å². The summed E-state index contributed by atoms with van der Waals surface area (Å²) >= 11 is 0.